The van der Waals surface area contributed by atoms with E-state index in [0.29, 0.717) is 6.61 Å². The third kappa shape index (κ3) is 4.34. The molecule has 1 unspecified atom stereocenters. The highest BCUT2D eigenvalue weighted by molar-refractivity contribution is 7.80. The molecule has 18 heavy (non-hydrogen) atoms. The summed E-state index contributed by atoms with van der Waals surface area (Å²) in [7, 11) is 0. The van der Waals surface area contributed by atoms with Gasteiger partial charge in [0.1, 0.15) is 24.4 Å². The van der Waals surface area contributed by atoms with Crippen LogP contribution in [0.3, 0.4) is 0 Å². The third-order valence-corrected chi connectivity index (χ3v) is 3.25. The van der Waals surface area contributed by atoms with E-state index in [-0.39, 0.29) is 0 Å². The fourth-order valence-electron chi connectivity index (χ4n) is 1.80. The molecule has 1 heterocycles. The summed E-state index contributed by atoms with van der Waals surface area (Å²) in [6, 6.07) is 0. The van der Waals surface area contributed by atoms with Crippen molar-refractivity contribution < 1.29 is 29.9 Å². The van der Waals surface area contributed by atoms with E-state index in [9.17, 15) is 15.3 Å². The highest BCUT2D eigenvalue weighted by Gasteiger charge is 2.43. The predicted molar refractivity (Wildman–Crippen MR) is 67.4 cm³/mol. The standard InChI is InChI=1S/C11H22O6S/c12-6-7-8(13)9(14)10(15)11(17-7)16-4-2-1-3-5-18/h7-15,18H,1-6H2/t7-,8-,9+,10-,11?/m0/s1. The van der Waals surface area contributed by atoms with Crippen molar-refractivity contribution in [1.82, 2.24) is 0 Å². The van der Waals surface area contributed by atoms with Gasteiger partial charge in [0, 0.05) is 6.61 Å². The molecule has 1 aliphatic heterocycles. The van der Waals surface area contributed by atoms with Crippen LogP contribution in [0.25, 0.3) is 0 Å². The molecule has 1 fully saturated rings. The molecule has 0 spiro atoms. The van der Waals surface area contributed by atoms with Gasteiger partial charge in [-0.1, -0.05) is 6.42 Å². The van der Waals surface area contributed by atoms with Gasteiger partial charge in [0.2, 0.25) is 0 Å². The summed E-state index contributed by atoms with van der Waals surface area (Å²) in [4.78, 5) is 0. The fraction of sp³-hybridized carbons (Fsp3) is 1.00. The molecule has 5 atom stereocenters. The Morgan fingerprint density at radius 2 is 1.72 bits per heavy atom. The minimum atomic E-state index is -1.38. The van der Waals surface area contributed by atoms with E-state index in [1.165, 1.54) is 0 Å². The second kappa shape index (κ2) is 8.31. The molecule has 0 radical (unpaired) electrons. The topological polar surface area (TPSA) is 99.4 Å². The van der Waals surface area contributed by atoms with Gasteiger partial charge in [-0.25, -0.2) is 0 Å². The average molecular weight is 282 g/mol. The summed E-state index contributed by atoms with van der Waals surface area (Å²) in [5.74, 6) is 0.819. The van der Waals surface area contributed by atoms with Crippen molar-refractivity contribution in [2.75, 3.05) is 19.0 Å². The van der Waals surface area contributed by atoms with Crippen molar-refractivity contribution in [2.45, 2.75) is 50.0 Å². The highest BCUT2D eigenvalue weighted by Crippen LogP contribution is 2.22. The van der Waals surface area contributed by atoms with Gasteiger partial charge in [-0.15, -0.1) is 0 Å². The number of thiol groups is 1. The highest BCUT2D eigenvalue weighted by atomic mass is 32.1. The Morgan fingerprint density at radius 1 is 1.00 bits per heavy atom. The van der Waals surface area contributed by atoms with Crippen LogP contribution in [-0.4, -0.2) is 70.1 Å². The summed E-state index contributed by atoms with van der Waals surface area (Å²) in [5.41, 5.74) is 0. The van der Waals surface area contributed by atoms with E-state index < -0.39 is 37.3 Å². The second-order valence-electron chi connectivity index (χ2n) is 4.35. The van der Waals surface area contributed by atoms with Crippen molar-refractivity contribution in [2.24, 2.45) is 0 Å². The van der Waals surface area contributed by atoms with Crippen LogP contribution < -0.4 is 0 Å². The average Bonchev–Trinajstić information content (AvgIpc) is 2.38. The summed E-state index contributed by atoms with van der Waals surface area (Å²) in [6.45, 7) is -0.0546. The number of rotatable bonds is 7. The molecule has 0 aromatic heterocycles. The maximum Gasteiger partial charge on any atom is 0.186 e. The Hall–Kier alpha value is 0.110. The number of unbranched alkanes of at least 4 members (excludes halogenated alkanes) is 2. The van der Waals surface area contributed by atoms with Crippen LogP contribution in [0.5, 0.6) is 0 Å². The Labute approximate surface area is 112 Å². The van der Waals surface area contributed by atoms with Crippen molar-refractivity contribution in [3.05, 3.63) is 0 Å². The van der Waals surface area contributed by atoms with Gasteiger partial charge in [-0.3, -0.25) is 0 Å². The van der Waals surface area contributed by atoms with Crippen LogP contribution in [0, 0.1) is 0 Å². The Morgan fingerprint density at radius 3 is 2.33 bits per heavy atom. The molecule has 0 aliphatic carbocycles. The normalized spacial score (nSPS) is 36.8. The predicted octanol–water partition coefficient (Wildman–Crippen LogP) is -1.10. The van der Waals surface area contributed by atoms with Crippen molar-refractivity contribution >= 4 is 12.6 Å². The number of aliphatic hydroxyl groups is 4. The first-order valence-corrected chi connectivity index (χ1v) is 6.78. The minimum absolute atomic E-state index is 0.385. The van der Waals surface area contributed by atoms with Crippen LogP contribution in [0.15, 0.2) is 0 Å². The van der Waals surface area contributed by atoms with Gasteiger partial charge in [0.15, 0.2) is 6.29 Å². The minimum Gasteiger partial charge on any atom is -0.394 e. The molecule has 0 bridgehead atoms. The summed E-state index contributed by atoms with van der Waals surface area (Å²) in [5, 5.41) is 37.7. The van der Waals surface area contributed by atoms with Crippen LogP contribution >= 0.6 is 12.6 Å². The Kier molecular flexibility index (Phi) is 7.47. The Balaban J connectivity index is 2.35. The van der Waals surface area contributed by atoms with E-state index in [1.807, 2.05) is 0 Å². The lowest BCUT2D eigenvalue weighted by Gasteiger charge is -2.39. The molecule has 7 heteroatoms. The summed E-state index contributed by atoms with van der Waals surface area (Å²) in [6.07, 6.45) is -3.21. The quantitative estimate of drug-likeness (QED) is 0.300. The van der Waals surface area contributed by atoms with Gasteiger partial charge >= 0.3 is 0 Å². The molecule has 4 N–H and O–H groups in total. The first-order chi connectivity index (χ1) is 8.61. The smallest absolute Gasteiger partial charge is 0.186 e. The van der Waals surface area contributed by atoms with E-state index >= 15 is 0 Å². The maximum absolute atomic E-state index is 9.67. The molecular weight excluding hydrogens is 260 g/mol. The van der Waals surface area contributed by atoms with Gasteiger partial charge in [-0.05, 0) is 18.6 Å². The van der Waals surface area contributed by atoms with Crippen LogP contribution in [0.1, 0.15) is 19.3 Å². The maximum atomic E-state index is 9.67. The third-order valence-electron chi connectivity index (χ3n) is 2.93. The monoisotopic (exact) mass is 282 g/mol. The molecule has 0 aromatic rings. The van der Waals surface area contributed by atoms with Gasteiger partial charge in [-0.2, -0.15) is 12.6 Å². The molecule has 0 saturated carbocycles. The summed E-state index contributed by atoms with van der Waals surface area (Å²) < 4.78 is 10.5. The molecule has 1 saturated heterocycles. The molecule has 0 aromatic carbocycles. The SMILES string of the molecule is OC[C@@H]1OC(OCCCCCS)[C@@H](O)[C@H](O)[C@H]1O. The van der Waals surface area contributed by atoms with E-state index in [1.54, 1.807) is 0 Å². The molecule has 6 nitrogen and oxygen atoms in total. The molecule has 1 rings (SSSR count). The van der Waals surface area contributed by atoms with Crippen molar-refractivity contribution in [3.63, 3.8) is 0 Å². The van der Waals surface area contributed by atoms with Gasteiger partial charge in [0.05, 0.1) is 6.61 Å². The Bertz CT molecular complexity index is 228. The first-order valence-electron chi connectivity index (χ1n) is 6.14. The van der Waals surface area contributed by atoms with Gasteiger partial charge in [0.25, 0.3) is 0 Å². The van der Waals surface area contributed by atoms with E-state index in [2.05, 4.69) is 12.6 Å². The number of hydrogen-bond donors (Lipinski definition) is 5. The van der Waals surface area contributed by atoms with Crippen LogP contribution in [-0.2, 0) is 9.47 Å². The van der Waals surface area contributed by atoms with E-state index in [4.69, 9.17) is 14.6 Å². The first kappa shape index (κ1) is 16.2. The molecular formula is C11H22O6S. The molecule has 1 aliphatic rings. The number of aliphatic hydroxyl groups excluding tert-OH is 4. The van der Waals surface area contributed by atoms with E-state index in [0.717, 1.165) is 25.0 Å². The van der Waals surface area contributed by atoms with Crippen LogP contribution in [0.2, 0.25) is 0 Å². The lowest BCUT2D eigenvalue weighted by atomic mass is 9.99. The lowest BCUT2D eigenvalue weighted by molar-refractivity contribution is -0.301. The second-order valence-corrected chi connectivity index (χ2v) is 4.80. The summed E-state index contributed by atoms with van der Waals surface area (Å²) >= 11 is 4.09. The number of ether oxygens (including phenoxy) is 2. The molecule has 108 valence electrons. The largest absolute Gasteiger partial charge is 0.394 e. The fourth-order valence-corrected chi connectivity index (χ4v) is 2.02. The van der Waals surface area contributed by atoms with Crippen molar-refractivity contribution in [1.29, 1.82) is 0 Å². The van der Waals surface area contributed by atoms with Crippen molar-refractivity contribution in [3.8, 4) is 0 Å². The number of hydrogen-bond acceptors (Lipinski definition) is 7. The van der Waals surface area contributed by atoms with Crippen LogP contribution in [0.4, 0.5) is 0 Å². The zero-order valence-electron chi connectivity index (χ0n) is 10.2. The zero-order chi connectivity index (χ0) is 13.5. The molecule has 0 amide bonds. The van der Waals surface area contributed by atoms with Gasteiger partial charge < -0.3 is 29.9 Å². The zero-order valence-corrected chi connectivity index (χ0v) is 11.1. The lowest BCUT2D eigenvalue weighted by Crippen LogP contribution is -2.59.